The number of aromatic nitrogens is 1. The van der Waals surface area contributed by atoms with Crippen LogP contribution in [0.2, 0.25) is 5.15 Å². The number of hydrogen-bond donors (Lipinski definition) is 0. The highest BCUT2D eigenvalue weighted by Crippen LogP contribution is 2.22. The van der Waals surface area contributed by atoms with Crippen molar-refractivity contribution in [1.29, 1.82) is 0 Å². The molecule has 4 heteroatoms. The summed E-state index contributed by atoms with van der Waals surface area (Å²) in [6.45, 7) is 6.86. The summed E-state index contributed by atoms with van der Waals surface area (Å²) in [5.41, 5.74) is 2.02. The van der Waals surface area contributed by atoms with Crippen molar-refractivity contribution in [2.45, 2.75) is 32.9 Å². The second-order valence-corrected chi connectivity index (χ2v) is 5.71. The average molecular weight is 307 g/mol. The van der Waals surface area contributed by atoms with Crippen LogP contribution in [-0.4, -0.2) is 36.2 Å². The Morgan fingerprint density at radius 2 is 2.10 bits per heavy atom. The molecule has 0 saturated carbocycles. The number of ether oxygens (including phenoxy) is 1. The zero-order valence-corrected chi connectivity index (χ0v) is 13.7. The van der Waals surface area contributed by atoms with E-state index in [-0.39, 0.29) is 0 Å². The SMILES string of the molecule is CCC(C)N(CCOC)Cc1cc2ccccc2nc1Cl. The summed E-state index contributed by atoms with van der Waals surface area (Å²) in [6.07, 6.45) is 1.10. The third-order valence-corrected chi connectivity index (χ3v) is 4.25. The maximum atomic E-state index is 6.36. The second kappa shape index (κ2) is 7.74. The molecule has 0 aliphatic heterocycles. The molecule has 3 nitrogen and oxygen atoms in total. The first-order chi connectivity index (χ1) is 10.2. The summed E-state index contributed by atoms with van der Waals surface area (Å²) >= 11 is 6.36. The third kappa shape index (κ3) is 4.16. The topological polar surface area (TPSA) is 25.4 Å². The highest BCUT2D eigenvalue weighted by molar-refractivity contribution is 6.30. The molecule has 1 heterocycles. The first kappa shape index (κ1) is 16.2. The number of hydrogen-bond acceptors (Lipinski definition) is 3. The Kier molecular flexibility index (Phi) is 5.97. The Morgan fingerprint density at radius 1 is 1.33 bits per heavy atom. The van der Waals surface area contributed by atoms with Gasteiger partial charge in [-0.05, 0) is 25.5 Å². The van der Waals surface area contributed by atoms with Gasteiger partial charge in [0.05, 0.1) is 12.1 Å². The highest BCUT2D eigenvalue weighted by Gasteiger charge is 2.15. The molecule has 0 N–H and O–H groups in total. The molecule has 0 spiro atoms. The van der Waals surface area contributed by atoms with Gasteiger partial charge in [0.2, 0.25) is 0 Å². The van der Waals surface area contributed by atoms with E-state index >= 15 is 0 Å². The maximum Gasteiger partial charge on any atom is 0.134 e. The normalized spacial score (nSPS) is 13.0. The zero-order valence-electron chi connectivity index (χ0n) is 13.0. The monoisotopic (exact) mass is 306 g/mol. The Morgan fingerprint density at radius 3 is 2.81 bits per heavy atom. The van der Waals surface area contributed by atoms with Crippen molar-refractivity contribution in [3.8, 4) is 0 Å². The summed E-state index contributed by atoms with van der Waals surface area (Å²) in [5, 5.41) is 1.73. The number of fused-ring (bicyclic) bond motifs is 1. The summed E-state index contributed by atoms with van der Waals surface area (Å²) in [5.74, 6) is 0. The van der Waals surface area contributed by atoms with E-state index in [0.717, 1.165) is 42.6 Å². The van der Waals surface area contributed by atoms with E-state index in [1.54, 1.807) is 7.11 Å². The van der Waals surface area contributed by atoms with Crippen molar-refractivity contribution >= 4 is 22.5 Å². The first-order valence-electron chi connectivity index (χ1n) is 7.42. The van der Waals surface area contributed by atoms with Crippen LogP contribution in [0.3, 0.4) is 0 Å². The molecule has 0 amide bonds. The lowest BCUT2D eigenvalue weighted by atomic mass is 10.1. The highest BCUT2D eigenvalue weighted by atomic mass is 35.5. The fourth-order valence-electron chi connectivity index (χ4n) is 2.39. The molecule has 1 atom stereocenters. The Bertz CT molecular complexity index is 588. The molecule has 0 saturated heterocycles. The van der Waals surface area contributed by atoms with E-state index < -0.39 is 0 Å². The van der Waals surface area contributed by atoms with Crippen molar-refractivity contribution in [3.05, 3.63) is 41.0 Å². The molecule has 0 fully saturated rings. The standard InChI is InChI=1S/C17H23ClN2O/c1-4-13(2)20(9-10-21-3)12-15-11-14-7-5-6-8-16(14)19-17(15)18/h5-8,11,13H,4,9-10,12H2,1-3H3. The van der Waals surface area contributed by atoms with Gasteiger partial charge in [-0.25, -0.2) is 4.98 Å². The molecule has 21 heavy (non-hydrogen) atoms. The fraction of sp³-hybridized carbons (Fsp3) is 0.471. The Hall–Kier alpha value is -1.16. The molecule has 0 radical (unpaired) electrons. The predicted octanol–water partition coefficient (Wildman–Crippen LogP) is 4.14. The van der Waals surface area contributed by atoms with Crippen LogP contribution in [0.5, 0.6) is 0 Å². The quantitative estimate of drug-likeness (QED) is 0.719. The summed E-state index contributed by atoms with van der Waals surface area (Å²) in [6, 6.07) is 10.7. The summed E-state index contributed by atoms with van der Waals surface area (Å²) < 4.78 is 5.21. The Balaban J connectivity index is 2.24. The van der Waals surface area contributed by atoms with E-state index in [2.05, 4.69) is 35.9 Å². The lowest BCUT2D eigenvalue weighted by Crippen LogP contribution is -2.35. The minimum Gasteiger partial charge on any atom is -0.383 e. The molecule has 0 aliphatic rings. The fourth-order valence-corrected chi connectivity index (χ4v) is 2.59. The molecule has 2 rings (SSSR count). The van der Waals surface area contributed by atoms with Gasteiger partial charge in [-0.2, -0.15) is 0 Å². The predicted molar refractivity (Wildman–Crippen MR) is 88.8 cm³/mol. The number of halogens is 1. The first-order valence-corrected chi connectivity index (χ1v) is 7.80. The van der Waals surface area contributed by atoms with Crippen LogP contribution >= 0.6 is 11.6 Å². The molecular formula is C17H23ClN2O. The van der Waals surface area contributed by atoms with Crippen molar-refractivity contribution < 1.29 is 4.74 Å². The zero-order chi connectivity index (χ0) is 15.2. The van der Waals surface area contributed by atoms with Crippen LogP contribution in [-0.2, 0) is 11.3 Å². The van der Waals surface area contributed by atoms with Crippen LogP contribution in [0.1, 0.15) is 25.8 Å². The Labute approximate surface area is 131 Å². The van der Waals surface area contributed by atoms with Crippen molar-refractivity contribution in [2.75, 3.05) is 20.3 Å². The molecule has 0 aliphatic carbocycles. The van der Waals surface area contributed by atoms with Gasteiger partial charge in [-0.1, -0.05) is 36.7 Å². The smallest absolute Gasteiger partial charge is 0.134 e. The number of methoxy groups -OCH3 is 1. The minimum atomic E-state index is 0.489. The average Bonchev–Trinajstić information content (AvgIpc) is 2.51. The van der Waals surface area contributed by atoms with E-state index in [4.69, 9.17) is 16.3 Å². The number of pyridine rings is 1. The van der Waals surface area contributed by atoms with E-state index in [9.17, 15) is 0 Å². The lowest BCUT2D eigenvalue weighted by Gasteiger charge is -2.28. The minimum absolute atomic E-state index is 0.489. The van der Waals surface area contributed by atoms with Gasteiger partial charge in [0.25, 0.3) is 0 Å². The van der Waals surface area contributed by atoms with Crippen LogP contribution in [0.15, 0.2) is 30.3 Å². The van der Waals surface area contributed by atoms with E-state index in [1.165, 1.54) is 0 Å². The van der Waals surface area contributed by atoms with Crippen molar-refractivity contribution in [2.24, 2.45) is 0 Å². The second-order valence-electron chi connectivity index (χ2n) is 5.35. The molecular weight excluding hydrogens is 284 g/mol. The number of para-hydroxylation sites is 1. The summed E-state index contributed by atoms with van der Waals surface area (Å²) in [7, 11) is 1.74. The number of nitrogens with zero attached hydrogens (tertiary/aromatic N) is 2. The lowest BCUT2D eigenvalue weighted by molar-refractivity contribution is 0.118. The molecule has 1 aromatic heterocycles. The van der Waals surface area contributed by atoms with Gasteiger partial charge < -0.3 is 4.74 Å². The van der Waals surface area contributed by atoms with Gasteiger partial charge >= 0.3 is 0 Å². The largest absolute Gasteiger partial charge is 0.383 e. The molecule has 0 bridgehead atoms. The van der Waals surface area contributed by atoms with Crippen LogP contribution in [0.25, 0.3) is 10.9 Å². The molecule has 114 valence electrons. The maximum absolute atomic E-state index is 6.36. The number of benzene rings is 1. The van der Waals surface area contributed by atoms with E-state index in [0.29, 0.717) is 11.2 Å². The molecule has 1 unspecified atom stereocenters. The van der Waals surface area contributed by atoms with Crippen molar-refractivity contribution in [1.82, 2.24) is 9.88 Å². The van der Waals surface area contributed by atoms with Gasteiger partial charge in [0.1, 0.15) is 5.15 Å². The van der Waals surface area contributed by atoms with Crippen molar-refractivity contribution in [3.63, 3.8) is 0 Å². The van der Waals surface area contributed by atoms with Gasteiger partial charge in [0.15, 0.2) is 0 Å². The van der Waals surface area contributed by atoms with Gasteiger partial charge in [0, 0.05) is 37.2 Å². The van der Waals surface area contributed by atoms with Gasteiger partial charge in [-0.15, -0.1) is 0 Å². The van der Waals surface area contributed by atoms with Crippen LogP contribution in [0.4, 0.5) is 0 Å². The van der Waals surface area contributed by atoms with E-state index in [1.807, 2.05) is 18.2 Å². The number of rotatable bonds is 7. The third-order valence-electron chi connectivity index (χ3n) is 3.92. The summed E-state index contributed by atoms with van der Waals surface area (Å²) in [4.78, 5) is 6.89. The van der Waals surface area contributed by atoms with Crippen LogP contribution < -0.4 is 0 Å². The van der Waals surface area contributed by atoms with Gasteiger partial charge in [-0.3, -0.25) is 4.90 Å². The molecule has 1 aromatic carbocycles. The van der Waals surface area contributed by atoms with Crippen LogP contribution in [0, 0.1) is 0 Å². The molecule has 2 aromatic rings.